The fourth-order valence-corrected chi connectivity index (χ4v) is 9.00. The number of carbonyl (C=O) groups excluding carboxylic acids is 1. The molecule has 2 atom stereocenters. The zero-order chi connectivity index (χ0) is 37.8. The fourth-order valence-electron chi connectivity index (χ4n) is 9.00. The van der Waals surface area contributed by atoms with E-state index in [0.29, 0.717) is 68.1 Å². The highest BCUT2D eigenvalue weighted by molar-refractivity contribution is 5.94. The number of amides is 1. The first-order valence-corrected chi connectivity index (χ1v) is 18.7. The van der Waals surface area contributed by atoms with Crippen molar-refractivity contribution in [3.63, 3.8) is 0 Å². The molecule has 5 aliphatic rings. The maximum atomic E-state index is 14.6. The van der Waals surface area contributed by atoms with Gasteiger partial charge in [0.15, 0.2) is 5.69 Å². The van der Waals surface area contributed by atoms with Crippen molar-refractivity contribution in [3.05, 3.63) is 68.9 Å². The highest BCUT2D eigenvalue weighted by atomic mass is 19.4. The Balaban J connectivity index is 1.17. The number of halogens is 4. The van der Waals surface area contributed by atoms with Crippen molar-refractivity contribution in [3.8, 4) is 17.9 Å². The van der Waals surface area contributed by atoms with Crippen LogP contribution in [0.5, 0.6) is 6.01 Å². The van der Waals surface area contributed by atoms with Gasteiger partial charge in [-0.3, -0.25) is 14.4 Å². The molecule has 2 aromatic heterocycles. The molecule has 0 unspecified atom stereocenters. The average Bonchev–Trinajstić information content (AvgIpc) is 3.91. The summed E-state index contributed by atoms with van der Waals surface area (Å²) >= 11 is 0. The summed E-state index contributed by atoms with van der Waals surface area (Å²) in [5.74, 6) is 5.65. The third kappa shape index (κ3) is 6.57. The molecule has 3 saturated heterocycles. The van der Waals surface area contributed by atoms with Crippen molar-refractivity contribution in [2.45, 2.75) is 96.3 Å². The molecule has 7 heterocycles. The summed E-state index contributed by atoms with van der Waals surface area (Å²) in [5.41, 5.74) is 8.78. The van der Waals surface area contributed by atoms with E-state index in [1.54, 1.807) is 0 Å². The second-order valence-corrected chi connectivity index (χ2v) is 15.1. The van der Waals surface area contributed by atoms with E-state index >= 15 is 0 Å². The summed E-state index contributed by atoms with van der Waals surface area (Å²) in [4.78, 5) is 29.4. The SMILES string of the molecule is CC#Cc1cc(N)cc([C@@H]2Cc3nc(OC[C@@]45CCCN4C/C(=C\F)C5)nc(N4CCCn5nc(C(=O)N6CCCC6)c(C)c5C4)c3CO2)c1C(F)(F)F. The Bertz CT molecular complexity index is 2060. The molecule has 8 rings (SSSR count). The summed E-state index contributed by atoms with van der Waals surface area (Å²) in [6.45, 7) is 8.03. The molecule has 1 aromatic carbocycles. The van der Waals surface area contributed by atoms with Gasteiger partial charge in [0, 0.05) is 61.5 Å². The van der Waals surface area contributed by atoms with E-state index in [4.69, 9.17) is 30.3 Å². The Morgan fingerprint density at radius 1 is 1.11 bits per heavy atom. The van der Waals surface area contributed by atoms with Crippen LogP contribution >= 0.6 is 0 Å². The number of benzene rings is 1. The lowest BCUT2D eigenvalue weighted by atomic mass is 9.91. The molecule has 15 heteroatoms. The Kier molecular flexibility index (Phi) is 9.54. The molecule has 0 radical (unpaired) electrons. The average molecular weight is 749 g/mol. The summed E-state index contributed by atoms with van der Waals surface area (Å²) in [5, 5.41) is 4.77. The number of alkyl halides is 3. The summed E-state index contributed by atoms with van der Waals surface area (Å²) in [7, 11) is 0. The number of aryl methyl sites for hydroxylation is 1. The molecular formula is C39H44F4N8O3. The fraction of sp³-hybridized carbons (Fsp3) is 0.538. The molecule has 11 nitrogen and oxygen atoms in total. The standard InChI is InChI=1S/C39H44F4N8O3/c1-3-8-26-15-27(44)16-28(33(26)39(41,42)43)32-17-30-29(22-53-32)35(46-37(45-30)54-23-38-9-6-13-50(38)20-25(18-38)19-40)49-12-7-14-51-31(21-49)24(2)34(47-51)36(52)48-10-4-5-11-48/h15-16,19,32H,4-7,9-14,17-18,20-23,44H2,1-2H3/b25-19-/t32-,38-/m0/s1. The minimum atomic E-state index is -4.71. The quantitative estimate of drug-likeness (QED) is 0.188. The summed E-state index contributed by atoms with van der Waals surface area (Å²) < 4.78 is 72.2. The van der Waals surface area contributed by atoms with Gasteiger partial charge in [0.05, 0.1) is 48.1 Å². The topological polar surface area (TPSA) is 115 Å². The van der Waals surface area contributed by atoms with Crippen LogP contribution in [0.4, 0.5) is 29.1 Å². The summed E-state index contributed by atoms with van der Waals surface area (Å²) in [6, 6.07) is 2.65. The minimum absolute atomic E-state index is 0.0119. The van der Waals surface area contributed by atoms with E-state index in [1.165, 1.54) is 19.1 Å². The van der Waals surface area contributed by atoms with E-state index in [1.807, 2.05) is 16.5 Å². The number of hydrogen-bond donors (Lipinski definition) is 1. The zero-order valence-electron chi connectivity index (χ0n) is 30.6. The van der Waals surface area contributed by atoms with Crippen LogP contribution in [0.25, 0.3) is 0 Å². The molecule has 54 heavy (non-hydrogen) atoms. The number of aromatic nitrogens is 4. The number of anilines is 2. The van der Waals surface area contributed by atoms with Crippen LogP contribution in [-0.4, -0.2) is 80.3 Å². The van der Waals surface area contributed by atoms with Crippen LogP contribution in [-0.2, 0) is 37.0 Å². The number of fused-ring (bicyclic) bond motifs is 3. The first kappa shape index (κ1) is 36.3. The highest BCUT2D eigenvalue weighted by Crippen LogP contribution is 2.45. The third-order valence-corrected chi connectivity index (χ3v) is 11.6. The van der Waals surface area contributed by atoms with Gasteiger partial charge in [0.2, 0.25) is 0 Å². The van der Waals surface area contributed by atoms with Gasteiger partial charge in [-0.1, -0.05) is 5.92 Å². The second kappa shape index (κ2) is 14.2. The van der Waals surface area contributed by atoms with Gasteiger partial charge in [-0.2, -0.15) is 28.2 Å². The molecule has 3 aromatic rings. The van der Waals surface area contributed by atoms with Crippen LogP contribution in [0.2, 0.25) is 0 Å². The van der Waals surface area contributed by atoms with Crippen molar-refractivity contribution < 1.29 is 31.8 Å². The lowest BCUT2D eigenvalue weighted by Crippen LogP contribution is -2.43. The molecule has 3 fully saturated rings. The second-order valence-electron chi connectivity index (χ2n) is 15.1. The number of rotatable bonds is 6. The van der Waals surface area contributed by atoms with Crippen LogP contribution in [0.3, 0.4) is 0 Å². The first-order chi connectivity index (χ1) is 26.0. The van der Waals surface area contributed by atoms with Crippen LogP contribution in [0.15, 0.2) is 24.0 Å². The molecule has 5 aliphatic heterocycles. The molecule has 1 amide bonds. The van der Waals surface area contributed by atoms with Gasteiger partial charge in [-0.05, 0) is 82.2 Å². The lowest BCUT2D eigenvalue weighted by molar-refractivity contribution is -0.140. The van der Waals surface area contributed by atoms with Gasteiger partial charge in [-0.15, -0.1) is 5.92 Å². The zero-order valence-corrected chi connectivity index (χ0v) is 30.6. The van der Waals surface area contributed by atoms with E-state index in [0.717, 1.165) is 62.1 Å². The van der Waals surface area contributed by atoms with E-state index in [9.17, 15) is 22.4 Å². The Hall–Kier alpha value is -4.68. The maximum Gasteiger partial charge on any atom is 0.417 e. The minimum Gasteiger partial charge on any atom is -0.461 e. The van der Waals surface area contributed by atoms with E-state index in [-0.39, 0.29) is 53.9 Å². The van der Waals surface area contributed by atoms with Crippen LogP contribution < -0.4 is 15.4 Å². The number of nitrogens with two attached hydrogens (primary N) is 1. The number of nitrogen functional groups attached to an aromatic ring is 1. The number of likely N-dealkylation sites (tertiary alicyclic amines) is 1. The number of carbonyl (C=O) groups is 1. The van der Waals surface area contributed by atoms with Crippen molar-refractivity contribution in [2.75, 3.05) is 50.0 Å². The van der Waals surface area contributed by atoms with Crippen LogP contribution in [0, 0.1) is 18.8 Å². The van der Waals surface area contributed by atoms with Gasteiger partial charge in [0.25, 0.3) is 5.91 Å². The van der Waals surface area contributed by atoms with Gasteiger partial charge in [0.1, 0.15) is 12.4 Å². The Morgan fingerprint density at radius 2 is 1.93 bits per heavy atom. The first-order valence-electron chi connectivity index (χ1n) is 18.7. The normalized spacial score (nSPS) is 23.5. The monoisotopic (exact) mass is 748 g/mol. The van der Waals surface area contributed by atoms with Crippen molar-refractivity contribution >= 4 is 17.4 Å². The van der Waals surface area contributed by atoms with E-state index < -0.39 is 17.8 Å². The van der Waals surface area contributed by atoms with Crippen molar-refractivity contribution in [2.24, 2.45) is 0 Å². The molecular weight excluding hydrogens is 704 g/mol. The molecule has 0 bridgehead atoms. The molecule has 2 N–H and O–H groups in total. The smallest absolute Gasteiger partial charge is 0.417 e. The summed E-state index contributed by atoms with van der Waals surface area (Å²) in [6.07, 6.45) is -0.0113. The molecule has 286 valence electrons. The number of nitrogens with zero attached hydrogens (tertiary/aromatic N) is 7. The largest absolute Gasteiger partial charge is 0.461 e. The number of hydrogen-bond acceptors (Lipinski definition) is 9. The molecule has 0 saturated carbocycles. The van der Waals surface area contributed by atoms with Gasteiger partial charge < -0.3 is 25.0 Å². The Morgan fingerprint density at radius 3 is 2.69 bits per heavy atom. The predicted molar refractivity (Wildman–Crippen MR) is 192 cm³/mol. The Labute approximate surface area is 311 Å². The third-order valence-electron chi connectivity index (χ3n) is 11.6. The predicted octanol–water partition coefficient (Wildman–Crippen LogP) is 5.88. The van der Waals surface area contributed by atoms with Crippen LogP contribution in [0.1, 0.15) is 101 Å². The van der Waals surface area contributed by atoms with Gasteiger partial charge in [-0.25, -0.2) is 4.39 Å². The highest BCUT2D eigenvalue weighted by Gasteiger charge is 2.47. The maximum absolute atomic E-state index is 14.6. The van der Waals surface area contributed by atoms with E-state index in [2.05, 4.69) is 21.6 Å². The number of ether oxygens (including phenoxy) is 2. The lowest BCUT2D eigenvalue weighted by Gasteiger charge is -2.33. The van der Waals surface area contributed by atoms with Gasteiger partial charge >= 0.3 is 12.2 Å². The van der Waals surface area contributed by atoms with Crippen molar-refractivity contribution in [1.29, 1.82) is 0 Å². The van der Waals surface area contributed by atoms with Crippen molar-refractivity contribution in [1.82, 2.24) is 29.5 Å². The molecule has 0 spiro atoms. The molecule has 0 aliphatic carbocycles.